The molecule has 1 fully saturated rings. The first kappa shape index (κ1) is 25.2. The van der Waals surface area contributed by atoms with Crippen molar-refractivity contribution >= 4 is 46.4 Å². The molecular weight excluding hydrogens is 483 g/mol. The fourth-order valence-corrected chi connectivity index (χ4v) is 4.88. The second-order valence-corrected chi connectivity index (χ2v) is 9.32. The van der Waals surface area contributed by atoms with Crippen LogP contribution in [-0.4, -0.2) is 53.4 Å². The van der Waals surface area contributed by atoms with Gasteiger partial charge in [0.05, 0.1) is 6.54 Å². The Bertz CT molecular complexity index is 614. The smallest absolute Gasteiger partial charge is 0.191 e. The van der Waals surface area contributed by atoms with Gasteiger partial charge in [0.2, 0.25) is 0 Å². The molecule has 0 bridgehead atoms. The summed E-state index contributed by atoms with van der Waals surface area (Å²) in [5, 5.41) is 7.28. The number of hydrogen-bond acceptors (Lipinski definition) is 3. The zero-order chi connectivity index (χ0) is 19.6. The Balaban J connectivity index is 0.00000392. The van der Waals surface area contributed by atoms with Crippen LogP contribution in [0.1, 0.15) is 46.5 Å². The van der Waals surface area contributed by atoms with E-state index in [1.54, 1.807) is 0 Å². The molecule has 1 aromatic rings. The van der Waals surface area contributed by atoms with E-state index in [2.05, 4.69) is 60.7 Å². The second-order valence-electron chi connectivity index (χ2n) is 7.31. The van der Waals surface area contributed by atoms with E-state index in [0.717, 1.165) is 50.5 Å². The highest BCUT2D eigenvalue weighted by molar-refractivity contribution is 14.0. The first-order chi connectivity index (χ1) is 13.0. The first-order valence-electron chi connectivity index (χ1n) is 10.2. The third-order valence-corrected chi connectivity index (χ3v) is 7.05. The van der Waals surface area contributed by atoms with Crippen LogP contribution in [-0.2, 0) is 10.8 Å². The molecule has 4 atom stereocenters. The van der Waals surface area contributed by atoms with Gasteiger partial charge in [-0.3, -0.25) is 9.20 Å². The van der Waals surface area contributed by atoms with Crippen LogP contribution in [0.5, 0.6) is 0 Å². The largest absolute Gasteiger partial charge is 0.370 e. The Morgan fingerprint density at radius 2 is 2.00 bits per heavy atom. The van der Waals surface area contributed by atoms with Gasteiger partial charge in [0, 0.05) is 53.2 Å². The van der Waals surface area contributed by atoms with E-state index in [0.29, 0.717) is 17.3 Å². The Kier molecular flexibility index (Phi) is 12.1. The van der Waals surface area contributed by atoms with E-state index < -0.39 is 10.8 Å². The van der Waals surface area contributed by atoms with Crippen molar-refractivity contribution < 1.29 is 4.21 Å². The summed E-state index contributed by atoms with van der Waals surface area (Å²) in [7, 11) is 1.41. The minimum atomic E-state index is -0.698. The molecule has 0 aliphatic heterocycles. The van der Waals surface area contributed by atoms with Gasteiger partial charge in [-0.25, -0.2) is 0 Å². The Labute approximate surface area is 190 Å². The molecule has 1 aliphatic carbocycles. The second kappa shape index (κ2) is 13.4. The predicted octanol–water partition coefficient (Wildman–Crippen LogP) is 3.76. The number of rotatable bonds is 8. The number of likely N-dealkylation sites (N-methyl/N-ethyl adjacent to an activating group) is 1. The van der Waals surface area contributed by atoms with Crippen molar-refractivity contribution in [2.24, 2.45) is 4.99 Å². The van der Waals surface area contributed by atoms with Crippen LogP contribution in [0.15, 0.2) is 35.3 Å². The zero-order valence-corrected chi connectivity index (χ0v) is 20.8. The number of benzene rings is 1. The van der Waals surface area contributed by atoms with Gasteiger partial charge in [0.1, 0.15) is 0 Å². The monoisotopic (exact) mass is 520 g/mol. The predicted molar refractivity (Wildman–Crippen MR) is 134 cm³/mol. The van der Waals surface area contributed by atoms with E-state index in [1.165, 1.54) is 5.69 Å². The number of nitrogens with one attached hydrogen (secondary N) is 2. The van der Waals surface area contributed by atoms with Crippen LogP contribution >= 0.6 is 24.0 Å². The minimum Gasteiger partial charge on any atom is -0.370 e. The van der Waals surface area contributed by atoms with Crippen molar-refractivity contribution in [1.29, 1.82) is 0 Å². The van der Waals surface area contributed by atoms with Crippen molar-refractivity contribution in [3.63, 3.8) is 0 Å². The van der Waals surface area contributed by atoms with Crippen molar-refractivity contribution in [2.45, 2.75) is 63.8 Å². The van der Waals surface area contributed by atoms with E-state index in [-0.39, 0.29) is 24.0 Å². The summed E-state index contributed by atoms with van der Waals surface area (Å²) < 4.78 is 12.2. The van der Waals surface area contributed by atoms with Gasteiger partial charge in [0.25, 0.3) is 0 Å². The summed E-state index contributed by atoms with van der Waals surface area (Å²) in [5.74, 6) is 1.63. The maximum absolute atomic E-state index is 12.2. The van der Waals surface area contributed by atoms with Gasteiger partial charge in [-0.1, -0.05) is 31.5 Å². The molecule has 0 amide bonds. The maximum Gasteiger partial charge on any atom is 0.191 e. The normalized spacial score (nSPS) is 21.9. The number of nitrogens with zero attached hydrogens (tertiary/aromatic N) is 2. The van der Waals surface area contributed by atoms with Gasteiger partial charge in [-0.2, -0.15) is 0 Å². The third-order valence-electron chi connectivity index (χ3n) is 5.31. The molecule has 2 N–H and O–H groups in total. The molecule has 1 saturated carbocycles. The molecule has 1 aliphatic rings. The van der Waals surface area contributed by atoms with E-state index >= 15 is 0 Å². The lowest BCUT2D eigenvalue weighted by molar-refractivity contribution is 0.413. The zero-order valence-electron chi connectivity index (χ0n) is 17.7. The molecule has 0 radical (unpaired) electrons. The van der Waals surface area contributed by atoms with E-state index in [4.69, 9.17) is 4.99 Å². The van der Waals surface area contributed by atoms with E-state index in [9.17, 15) is 4.21 Å². The van der Waals surface area contributed by atoms with Gasteiger partial charge in [-0.05, 0) is 45.2 Å². The van der Waals surface area contributed by atoms with Crippen molar-refractivity contribution in [3.8, 4) is 0 Å². The molecule has 0 aromatic heterocycles. The highest BCUT2D eigenvalue weighted by Crippen LogP contribution is 2.23. The SMILES string of the molecule is CCNC(=NCC(C)N(C)c1ccccc1)NC1CCCC(S(=O)CC)C1.I. The molecule has 0 spiro atoms. The number of para-hydroxylation sites is 1. The highest BCUT2D eigenvalue weighted by atomic mass is 127. The van der Waals surface area contributed by atoms with Gasteiger partial charge >= 0.3 is 0 Å². The summed E-state index contributed by atoms with van der Waals surface area (Å²) in [6.07, 6.45) is 4.33. The van der Waals surface area contributed by atoms with Crippen LogP contribution in [0.2, 0.25) is 0 Å². The average molecular weight is 521 g/mol. The molecule has 160 valence electrons. The highest BCUT2D eigenvalue weighted by Gasteiger charge is 2.26. The van der Waals surface area contributed by atoms with Gasteiger partial charge in [0.15, 0.2) is 5.96 Å². The topological polar surface area (TPSA) is 56.7 Å². The van der Waals surface area contributed by atoms with Gasteiger partial charge in [-0.15, -0.1) is 24.0 Å². The Morgan fingerprint density at radius 3 is 2.64 bits per heavy atom. The molecule has 0 saturated heterocycles. The Hall–Kier alpha value is -0.830. The molecule has 1 aromatic carbocycles. The fourth-order valence-electron chi connectivity index (χ4n) is 3.53. The standard InChI is InChI=1S/C21H36N4OS.HI/c1-5-22-21(24-18-11-10-14-20(15-18)27(26)6-2)23-16-17(3)25(4)19-12-8-7-9-13-19;/h7-9,12-13,17-18,20H,5-6,10-11,14-16H2,1-4H3,(H2,22,23,24);1H. The fraction of sp³-hybridized carbons (Fsp3) is 0.667. The summed E-state index contributed by atoms with van der Waals surface area (Å²) in [6.45, 7) is 7.86. The van der Waals surface area contributed by atoms with Crippen molar-refractivity contribution in [3.05, 3.63) is 30.3 Å². The average Bonchev–Trinajstić information content (AvgIpc) is 2.71. The number of hydrogen-bond donors (Lipinski definition) is 2. The summed E-state index contributed by atoms with van der Waals surface area (Å²) in [4.78, 5) is 7.08. The molecule has 5 nitrogen and oxygen atoms in total. The first-order valence-corrected chi connectivity index (χ1v) is 11.6. The minimum absolute atomic E-state index is 0. The number of anilines is 1. The lowest BCUT2D eigenvalue weighted by Crippen LogP contribution is -2.47. The van der Waals surface area contributed by atoms with Crippen LogP contribution in [0, 0.1) is 0 Å². The van der Waals surface area contributed by atoms with Crippen molar-refractivity contribution in [1.82, 2.24) is 10.6 Å². The van der Waals surface area contributed by atoms with Crippen LogP contribution in [0.25, 0.3) is 0 Å². The van der Waals surface area contributed by atoms with Gasteiger partial charge < -0.3 is 15.5 Å². The van der Waals surface area contributed by atoms with Crippen LogP contribution in [0.4, 0.5) is 5.69 Å². The number of halogens is 1. The summed E-state index contributed by atoms with van der Waals surface area (Å²) in [6, 6.07) is 11.1. The van der Waals surface area contributed by atoms with E-state index in [1.807, 2.05) is 13.0 Å². The maximum atomic E-state index is 12.2. The summed E-state index contributed by atoms with van der Waals surface area (Å²) in [5.41, 5.74) is 1.20. The quantitative estimate of drug-likeness (QED) is 0.312. The lowest BCUT2D eigenvalue weighted by atomic mass is 9.95. The Morgan fingerprint density at radius 1 is 1.29 bits per heavy atom. The molecular formula is C21H37IN4OS. The third kappa shape index (κ3) is 7.89. The molecule has 7 heteroatoms. The molecule has 0 heterocycles. The van der Waals surface area contributed by atoms with Crippen molar-refractivity contribution in [2.75, 3.05) is 30.8 Å². The lowest BCUT2D eigenvalue weighted by Gasteiger charge is -2.30. The number of aliphatic imine (C=N–C) groups is 1. The van der Waals surface area contributed by atoms with Crippen LogP contribution < -0.4 is 15.5 Å². The number of guanidine groups is 1. The molecule has 4 unspecified atom stereocenters. The molecule has 28 heavy (non-hydrogen) atoms. The molecule has 2 rings (SSSR count). The van der Waals surface area contributed by atoms with Crippen LogP contribution in [0.3, 0.4) is 0 Å². The summed E-state index contributed by atoms with van der Waals surface area (Å²) >= 11 is 0.